The van der Waals surface area contributed by atoms with Crippen LogP contribution >= 0.6 is 0 Å². The molecule has 0 bridgehead atoms. The summed E-state index contributed by atoms with van der Waals surface area (Å²) in [4.78, 5) is 0. The topological polar surface area (TPSA) is 60.7 Å². The van der Waals surface area contributed by atoms with Crippen molar-refractivity contribution in [3.05, 3.63) is 17.2 Å². The fourth-order valence-electron chi connectivity index (χ4n) is 4.95. The summed E-state index contributed by atoms with van der Waals surface area (Å²) in [6, 6.07) is 1.92. The van der Waals surface area contributed by atoms with Crippen LogP contribution in [0.3, 0.4) is 0 Å². The van der Waals surface area contributed by atoms with E-state index >= 15 is 0 Å². The highest BCUT2D eigenvalue weighted by atomic mass is 16.3. The van der Waals surface area contributed by atoms with Gasteiger partial charge in [0.05, 0.1) is 0 Å². The van der Waals surface area contributed by atoms with Gasteiger partial charge < -0.3 is 15.3 Å². The van der Waals surface area contributed by atoms with Crippen LogP contribution in [-0.2, 0) is 12.8 Å². The van der Waals surface area contributed by atoms with Gasteiger partial charge in [-0.05, 0) is 92.2 Å². The summed E-state index contributed by atoms with van der Waals surface area (Å²) in [5, 5.41) is 30.7. The fourth-order valence-corrected chi connectivity index (χ4v) is 4.95. The van der Waals surface area contributed by atoms with Gasteiger partial charge in [0, 0.05) is 0 Å². The predicted octanol–water partition coefficient (Wildman–Crippen LogP) is 7.78. The molecule has 3 rings (SSSR count). The van der Waals surface area contributed by atoms with Crippen molar-refractivity contribution >= 4 is 0 Å². The third-order valence-corrected chi connectivity index (χ3v) is 8.10. The molecular weight excluding hydrogens is 372 g/mol. The van der Waals surface area contributed by atoms with Crippen LogP contribution in [0, 0.1) is 10.8 Å². The van der Waals surface area contributed by atoms with Gasteiger partial charge >= 0.3 is 0 Å². The Morgan fingerprint density at radius 3 is 1.63 bits per heavy atom. The van der Waals surface area contributed by atoms with E-state index in [2.05, 4.69) is 13.8 Å². The molecule has 0 aliphatic heterocycles. The van der Waals surface area contributed by atoms with Gasteiger partial charge in [-0.2, -0.15) is 0 Å². The molecule has 0 atom stereocenters. The standard InChI is InChI=1S/C27H44O3/c1-3-27(18-19-27)15-11-7-5-9-13-22-20-21(23(28)25(30)24(22)29)12-8-4-6-10-14-26(2)16-17-26/h20,28-30H,3-19H2,1-2H3. The molecule has 2 fully saturated rings. The van der Waals surface area contributed by atoms with E-state index < -0.39 is 0 Å². The smallest absolute Gasteiger partial charge is 0.200 e. The van der Waals surface area contributed by atoms with Crippen LogP contribution in [0.25, 0.3) is 0 Å². The maximum atomic E-state index is 10.3. The normalized spacial score (nSPS) is 18.5. The predicted molar refractivity (Wildman–Crippen MR) is 124 cm³/mol. The van der Waals surface area contributed by atoms with Crippen molar-refractivity contribution in [3.63, 3.8) is 0 Å². The van der Waals surface area contributed by atoms with E-state index in [-0.39, 0.29) is 17.2 Å². The van der Waals surface area contributed by atoms with Gasteiger partial charge in [-0.1, -0.05) is 58.8 Å². The Hall–Kier alpha value is -1.38. The molecule has 2 saturated carbocycles. The van der Waals surface area contributed by atoms with Crippen molar-refractivity contribution in [1.82, 2.24) is 0 Å². The largest absolute Gasteiger partial charge is 0.504 e. The molecule has 2 aliphatic carbocycles. The van der Waals surface area contributed by atoms with Gasteiger partial charge in [-0.15, -0.1) is 0 Å². The molecule has 30 heavy (non-hydrogen) atoms. The van der Waals surface area contributed by atoms with E-state index in [1.807, 2.05) is 6.07 Å². The van der Waals surface area contributed by atoms with E-state index in [1.54, 1.807) is 0 Å². The average molecular weight is 417 g/mol. The van der Waals surface area contributed by atoms with Crippen LogP contribution in [0.2, 0.25) is 0 Å². The first-order valence-corrected chi connectivity index (χ1v) is 12.6. The highest BCUT2D eigenvalue weighted by Gasteiger charge is 2.39. The van der Waals surface area contributed by atoms with Crippen LogP contribution in [0.4, 0.5) is 0 Å². The first-order chi connectivity index (χ1) is 14.4. The lowest BCUT2D eigenvalue weighted by Gasteiger charge is -2.13. The lowest BCUT2D eigenvalue weighted by Crippen LogP contribution is -1.98. The Morgan fingerprint density at radius 2 is 1.17 bits per heavy atom. The molecule has 0 unspecified atom stereocenters. The lowest BCUT2D eigenvalue weighted by atomic mass is 9.94. The Balaban J connectivity index is 1.37. The molecule has 0 saturated heterocycles. The fraction of sp³-hybridized carbons (Fsp3) is 0.778. The van der Waals surface area contributed by atoms with E-state index in [0.29, 0.717) is 10.8 Å². The molecule has 0 amide bonds. The number of phenols is 3. The van der Waals surface area contributed by atoms with E-state index in [4.69, 9.17) is 0 Å². The van der Waals surface area contributed by atoms with Gasteiger partial charge in [0.25, 0.3) is 0 Å². The molecular formula is C27H44O3. The summed E-state index contributed by atoms with van der Waals surface area (Å²) in [6.07, 6.45) is 20.7. The van der Waals surface area contributed by atoms with Crippen LogP contribution in [0.5, 0.6) is 17.2 Å². The number of hydrogen-bond acceptors (Lipinski definition) is 3. The van der Waals surface area contributed by atoms with Gasteiger partial charge in [0.2, 0.25) is 5.75 Å². The van der Waals surface area contributed by atoms with Crippen LogP contribution in [-0.4, -0.2) is 15.3 Å². The van der Waals surface area contributed by atoms with Crippen molar-refractivity contribution in [3.8, 4) is 17.2 Å². The van der Waals surface area contributed by atoms with Crippen molar-refractivity contribution in [2.24, 2.45) is 10.8 Å². The zero-order valence-corrected chi connectivity index (χ0v) is 19.4. The zero-order chi connectivity index (χ0) is 21.6. The summed E-state index contributed by atoms with van der Waals surface area (Å²) < 4.78 is 0. The summed E-state index contributed by atoms with van der Waals surface area (Å²) in [6.45, 7) is 4.71. The maximum Gasteiger partial charge on any atom is 0.200 e. The van der Waals surface area contributed by atoms with Gasteiger partial charge in [-0.25, -0.2) is 0 Å². The summed E-state index contributed by atoms with van der Waals surface area (Å²) in [5.74, 6) is -0.587. The SMILES string of the molecule is CCC1(CCCCCCc2cc(CCCCCCC3(C)CC3)c(O)c(O)c2O)CC1. The van der Waals surface area contributed by atoms with Gasteiger partial charge in [0.1, 0.15) is 0 Å². The average Bonchev–Trinajstić information content (AvgIpc) is 3.66. The van der Waals surface area contributed by atoms with Gasteiger partial charge in [0.15, 0.2) is 11.5 Å². The van der Waals surface area contributed by atoms with Crippen LogP contribution < -0.4 is 0 Å². The molecule has 0 radical (unpaired) electrons. The molecule has 3 nitrogen and oxygen atoms in total. The molecule has 170 valence electrons. The molecule has 0 heterocycles. The second-order valence-electron chi connectivity index (χ2n) is 10.7. The Morgan fingerprint density at radius 1 is 0.667 bits per heavy atom. The van der Waals surface area contributed by atoms with E-state index in [9.17, 15) is 15.3 Å². The molecule has 0 aromatic heterocycles. The lowest BCUT2D eigenvalue weighted by molar-refractivity contribution is 0.361. The zero-order valence-electron chi connectivity index (χ0n) is 19.4. The summed E-state index contributed by atoms with van der Waals surface area (Å²) in [5.41, 5.74) is 2.90. The number of hydrogen-bond donors (Lipinski definition) is 3. The number of rotatable bonds is 15. The summed E-state index contributed by atoms with van der Waals surface area (Å²) >= 11 is 0. The number of benzene rings is 1. The minimum absolute atomic E-state index is 0.128. The van der Waals surface area contributed by atoms with E-state index in [1.165, 1.54) is 70.6 Å². The van der Waals surface area contributed by atoms with Gasteiger partial charge in [-0.3, -0.25) is 0 Å². The highest BCUT2D eigenvalue weighted by molar-refractivity contribution is 5.57. The number of aryl methyl sites for hydroxylation is 2. The second-order valence-corrected chi connectivity index (χ2v) is 10.7. The molecule has 2 aliphatic rings. The summed E-state index contributed by atoms with van der Waals surface area (Å²) in [7, 11) is 0. The number of aromatic hydroxyl groups is 3. The second kappa shape index (κ2) is 10.3. The molecule has 1 aromatic rings. The Labute approximate surface area is 183 Å². The van der Waals surface area contributed by atoms with E-state index in [0.717, 1.165) is 49.7 Å². The van der Waals surface area contributed by atoms with Crippen LogP contribution in [0.1, 0.15) is 121 Å². The van der Waals surface area contributed by atoms with Crippen molar-refractivity contribution in [1.29, 1.82) is 0 Å². The molecule has 0 spiro atoms. The number of unbranched alkanes of at least 4 members (excludes halogenated alkanes) is 6. The molecule has 1 aromatic carbocycles. The molecule has 3 N–H and O–H groups in total. The molecule has 3 heteroatoms. The quantitative estimate of drug-likeness (QED) is 0.202. The Kier molecular flexibility index (Phi) is 7.98. The minimum atomic E-state index is -0.331. The van der Waals surface area contributed by atoms with Crippen molar-refractivity contribution < 1.29 is 15.3 Å². The Bertz CT molecular complexity index is 686. The maximum absolute atomic E-state index is 10.3. The van der Waals surface area contributed by atoms with Crippen LogP contribution in [0.15, 0.2) is 6.07 Å². The first kappa shape index (κ1) is 23.3. The number of phenolic OH excluding ortho intramolecular Hbond substituents is 3. The highest BCUT2D eigenvalue weighted by Crippen LogP contribution is 2.52. The monoisotopic (exact) mass is 416 g/mol. The first-order valence-electron chi connectivity index (χ1n) is 12.6. The van der Waals surface area contributed by atoms with Crippen molar-refractivity contribution in [2.45, 2.75) is 123 Å². The van der Waals surface area contributed by atoms with Crippen molar-refractivity contribution in [2.75, 3.05) is 0 Å². The third-order valence-electron chi connectivity index (χ3n) is 8.10. The third kappa shape index (κ3) is 6.56. The minimum Gasteiger partial charge on any atom is -0.504 e.